The minimum absolute atomic E-state index is 0.0567. The zero-order valence-electron chi connectivity index (χ0n) is 7.31. The maximum absolute atomic E-state index is 11.8. The molecule has 1 atom stereocenters. The van der Waals surface area contributed by atoms with Gasteiger partial charge in [0.2, 0.25) is 9.84 Å². The Morgan fingerprint density at radius 2 is 2.29 bits per heavy atom. The lowest BCUT2D eigenvalue weighted by Crippen LogP contribution is -2.21. The third-order valence-electron chi connectivity index (χ3n) is 1.65. The lowest BCUT2D eigenvalue weighted by Gasteiger charge is -2.09. The van der Waals surface area contributed by atoms with E-state index in [9.17, 15) is 8.42 Å². The number of sulfone groups is 1. The standard InChI is InChI=1S/C7H8ClIN2O2S/c1-5(2-8)14(12,13)7-6(9)3-10-4-11-7/h3-5H,2H2,1H3. The molecule has 0 spiro atoms. The fourth-order valence-electron chi connectivity index (χ4n) is 0.784. The molecule has 0 bridgehead atoms. The van der Waals surface area contributed by atoms with E-state index < -0.39 is 15.1 Å². The summed E-state index contributed by atoms with van der Waals surface area (Å²) in [5.41, 5.74) is 0. The van der Waals surface area contributed by atoms with Crippen molar-refractivity contribution in [2.75, 3.05) is 5.88 Å². The highest BCUT2D eigenvalue weighted by Gasteiger charge is 2.26. The summed E-state index contributed by atoms with van der Waals surface area (Å²) < 4.78 is 24.1. The summed E-state index contributed by atoms with van der Waals surface area (Å²) in [5, 5.41) is -0.575. The fraction of sp³-hybridized carbons (Fsp3) is 0.429. The van der Waals surface area contributed by atoms with Gasteiger partial charge < -0.3 is 0 Å². The summed E-state index contributed by atoms with van der Waals surface area (Å²) in [4.78, 5) is 7.48. The van der Waals surface area contributed by atoms with E-state index in [1.807, 2.05) is 22.6 Å². The van der Waals surface area contributed by atoms with Crippen molar-refractivity contribution in [3.05, 3.63) is 16.1 Å². The third kappa shape index (κ3) is 2.34. The lowest BCUT2D eigenvalue weighted by molar-refractivity contribution is 0.582. The van der Waals surface area contributed by atoms with Gasteiger partial charge in [-0.3, -0.25) is 0 Å². The molecule has 4 nitrogen and oxygen atoms in total. The smallest absolute Gasteiger partial charge is 0.200 e. The molecular formula is C7H8ClIN2O2S. The van der Waals surface area contributed by atoms with Gasteiger partial charge in [0.05, 0.1) is 8.82 Å². The van der Waals surface area contributed by atoms with Crippen LogP contribution in [0, 0.1) is 3.57 Å². The van der Waals surface area contributed by atoms with E-state index in [0.29, 0.717) is 3.57 Å². The molecule has 1 aromatic heterocycles. The molecular weight excluding hydrogens is 339 g/mol. The second-order valence-corrected chi connectivity index (χ2v) is 6.44. The highest BCUT2D eigenvalue weighted by molar-refractivity contribution is 14.1. The Labute approximate surface area is 101 Å². The van der Waals surface area contributed by atoms with Crippen LogP contribution in [0.5, 0.6) is 0 Å². The maximum atomic E-state index is 11.8. The van der Waals surface area contributed by atoms with Crippen molar-refractivity contribution in [2.24, 2.45) is 0 Å². The quantitative estimate of drug-likeness (QED) is 0.472. The Hall–Kier alpha value is 0.0500. The molecule has 1 unspecified atom stereocenters. The number of aromatic nitrogens is 2. The van der Waals surface area contributed by atoms with Crippen LogP contribution in [0.25, 0.3) is 0 Å². The number of hydrogen-bond donors (Lipinski definition) is 0. The molecule has 7 heteroatoms. The average molecular weight is 347 g/mol. The van der Waals surface area contributed by atoms with Crippen LogP contribution >= 0.6 is 34.2 Å². The SMILES string of the molecule is CC(CCl)S(=O)(=O)c1ncncc1I. The molecule has 0 radical (unpaired) electrons. The minimum atomic E-state index is -3.41. The van der Waals surface area contributed by atoms with E-state index in [0.717, 1.165) is 0 Å². The number of nitrogens with zero attached hydrogens (tertiary/aromatic N) is 2. The van der Waals surface area contributed by atoms with Crippen molar-refractivity contribution >= 4 is 44.0 Å². The van der Waals surface area contributed by atoms with Crippen LogP contribution in [0.4, 0.5) is 0 Å². The minimum Gasteiger partial charge on any atom is -0.244 e. The summed E-state index contributed by atoms with van der Waals surface area (Å²) in [6.45, 7) is 1.56. The van der Waals surface area contributed by atoms with Gasteiger partial charge in [-0.05, 0) is 29.5 Å². The number of alkyl halides is 1. The second kappa shape index (κ2) is 4.71. The number of halogens is 2. The monoisotopic (exact) mass is 346 g/mol. The zero-order valence-corrected chi connectivity index (χ0v) is 11.0. The van der Waals surface area contributed by atoms with Gasteiger partial charge in [-0.15, -0.1) is 11.6 Å². The summed E-state index contributed by atoms with van der Waals surface area (Å²) >= 11 is 7.40. The highest BCUT2D eigenvalue weighted by Crippen LogP contribution is 2.19. The third-order valence-corrected chi connectivity index (χ3v) is 5.54. The molecule has 1 aromatic rings. The normalized spacial score (nSPS) is 13.9. The molecule has 0 aliphatic rings. The van der Waals surface area contributed by atoms with Gasteiger partial charge in [0, 0.05) is 12.1 Å². The lowest BCUT2D eigenvalue weighted by atomic mass is 10.6. The molecule has 0 aromatic carbocycles. The molecule has 1 rings (SSSR count). The van der Waals surface area contributed by atoms with Crippen LogP contribution in [-0.2, 0) is 9.84 Å². The Bertz CT molecular complexity index is 423. The second-order valence-electron chi connectivity index (χ2n) is 2.69. The van der Waals surface area contributed by atoms with Crippen LogP contribution in [0.3, 0.4) is 0 Å². The van der Waals surface area contributed by atoms with Gasteiger partial charge in [-0.1, -0.05) is 0 Å². The van der Waals surface area contributed by atoms with Crippen LogP contribution in [-0.4, -0.2) is 29.5 Å². The van der Waals surface area contributed by atoms with Crippen molar-refractivity contribution in [3.8, 4) is 0 Å². The molecule has 78 valence electrons. The predicted octanol–water partition coefficient (Wildman–Crippen LogP) is 1.48. The van der Waals surface area contributed by atoms with E-state index in [4.69, 9.17) is 11.6 Å². The van der Waals surface area contributed by atoms with Gasteiger partial charge in [0.15, 0.2) is 5.03 Å². The van der Waals surface area contributed by atoms with Gasteiger partial charge in [-0.2, -0.15) is 0 Å². The molecule has 0 aliphatic carbocycles. The zero-order chi connectivity index (χ0) is 10.8. The van der Waals surface area contributed by atoms with E-state index >= 15 is 0 Å². The molecule has 0 amide bonds. The summed E-state index contributed by atoms with van der Waals surface area (Å²) in [7, 11) is -3.41. The highest BCUT2D eigenvalue weighted by atomic mass is 127. The molecule has 0 N–H and O–H groups in total. The summed E-state index contributed by atoms with van der Waals surface area (Å²) in [5.74, 6) is 0.0580. The molecule has 0 aliphatic heterocycles. The number of hydrogen-bond acceptors (Lipinski definition) is 4. The largest absolute Gasteiger partial charge is 0.244 e. The van der Waals surface area contributed by atoms with E-state index in [1.54, 1.807) is 6.92 Å². The average Bonchev–Trinajstić information content (AvgIpc) is 2.17. The van der Waals surface area contributed by atoms with Crippen molar-refractivity contribution in [3.63, 3.8) is 0 Å². The van der Waals surface area contributed by atoms with Crippen molar-refractivity contribution < 1.29 is 8.42 Å². The molecule has 0 saturated heterocycles. The van der Waals surface area contributed by atoms with Gasteiger partial charge in [-0.25, -0.2) is 18.4 Å². The van der Waals surface area contributed by atoms with E-state index in [-0.39, 0.29) is 10.9 Å². The fourth-order valence-corrected chi connectivity index (χ4v) is 3.57. The van der Waals surface area contributed by atoms with Crippen LogP contribution < -0.4 is 0 Å². The van der Waals surface area contributed by atoms with Gasteiger partial charge in [0.1, 0.15) is 6.33 Å². The summed E-state index contributed by atoms with van der Waals surface area (Å²) in [6.07, 6.45) is 2.68. The molecule has 0 fully saturated rings. The van der Waals surface area contributed by atoms with Crippen LogP contribution in [0.15, 0.2) is 17.6 Å². The molecule has 1 heterocycles. The van der Waals surface area contributed by atoms with Gasteiger partial charge in [0.25, 0.3) is 0 Å². The van der Waals surface area contributed by atoms with Gasteiger partial charge >= 0.3 is 0 Å². The maximum Gasteiger partial charge on any atom is 0.200 e. The van der Waals surface area contributed by atoms with Crippen molar-refractivity contribution in [1.82, 2.24) is 9.97 Å². The van der Waals surface area contributed by atoms with Crippen molar-refractivity contribution in [1.29, 1.82) is 0 Å². The van der Waals surface area contributed by atoms with Crippen molar-refractivity contribution in [2.45, 2.75) is 17.2 Å². The first-order valence-electron chi connectivity index (χ1n) is 3.75. The molecule has 14 heavy (non-hydrogen) atoms. The Balaban J connectivity index is 3.24. The Kier molecular flexibility index (Phi) is 4.08. The first-order valence-corrected chi connectivity index (χ1v) is 6.91. The Morgan fingerprint density at radius 3 is 2.79 bits per heavy atom. The van der Waals surface area contributed by atoms with Crippen LogP contribution in [0.2, 0.25) is 0 Å². The molecule has 0 saturated carbocycles. The van der Waals surface area contributed by atoms with Crippen LogP contribution in [0.1, 0.15) is 6.92 Å². The van der Waals surface area contributed by atoms with E-state index in [1.165, 1.54) is 12.5 Å². The Morgan fingerprint density at radius 1 is 1.64 bits per heavy atom. The predicted molar refractivity (Wildman–Crippen MR) is 62.1 cm³/mol. The summed E-state index contributed by atoms with van der Waals surface area (Å²) in [6, 6.07) is 0. The number of rotatable bonds is 3. The first kappa shape index (κ1) is 12.1. The van der Waals surface area contributed by atoms with E-state index in [2.05, 4.69) is 9.97 Å². The first-order chi connectivity index (χ1) is 6.50. The topological polar surface area (TPSA) is 59.9 Å².